The molecular weight excluding hydrogens is 368 g/mol. The molecule has 0 unspecified atom stereocenters. The monoisotopic (exact) mass is 398 g/mol. The molecule has 3 heterocycles. The molecule has 7 heteroatoms. The summed E-state index contributed by atoms with van der Waals surface area (Å²) in [5, 5.41) is 0.474. The molecule has 156 valence electrons. The fourth-order valence-corrected chi connectivity index (χ4v) is 3.75. The summed E-state index contributed by atoms with van der Waals surface area (Å²) >= 11 is 0. The molecule has 0 fully saturated rings. The van der Waals surface area contributed by atoms with E-state index in [2.05, 4.69) is 13.8 Å². The second kappa shape index (κ2) is 9.22. The maximum absolute atomic E-state index is 13.4. The maximum atomic E-state index is 13.4. The van der Waals surface area contributed by atoms with E-state index >= 15 is 0 Å². The number of nitrogens with zero attached hydrogens (tertiary/aromatic N) is 4. The molecule has 1 amide bonds. The fraction of sp³-hybridized carbons (Fsp3) is 0.500. The zero-order valence-corrected chi connectivity index (χ0v) is 17.8. The number of carbonyl (C=O) groups is 1. The van der Waals surface area contributed by atoms with Gasteiger partial charge in [0.2, 0.25) is 0 Å². The number of methoxy groups -OCH3 is 1. The molecule has 0 saturated carbocycles. The van der Waals surface area contributed by atoms with Crippen LogP contribution < -0.4 is 5.56 Å². The third-order valence-corrected chi connectivity index (χ3v) is 5.12. The van der Waals surface area contributed by atoms with Crippen molar-refractivity contribution in [3.8, 4) is 0 Å². The molecule has 7 nitrogen and oxygen atoms in total. The Morgan fingerprint density at radius 2 is 1.93 bits per heavy atom. The largest absolute Gasteiger partial charge is 0.385 e. The van der Waals surface area contributed by atoms with Gasteiger partial charge in [-0.3, -0.25) is 14.0 Å². The summed E-state index contributed by atoms with van der Waals surface area (Å²) in [5.74, 6) is -0.0469. The van der Waals surface area contributed by atoms with Crippen LogP contribution in [0.2, 0.25) is 0 Å². The predicted molar refractivity (Wildman–Crippen MR) is 115 cm³/mol. The van der Waals surface area contributed by atoms with Gasteiger partial charge in [-0.05, 0) is 43.9 Å². The fourth-order valence-electron chi connectivity index (χ4n) is 3.75. The molecule has 0 aliphatic carbocycles. The number of amides is 1. The normalized spacial score (nSPS) is 11.4. The van der Waals surface area contributed by atoms with Gasteiger partial charge in [0, 0.05) is 39.5 Å². The molecule has 0 atom stereocenters. The molecule has 0 aromatic carbocycles. The molecule has 0 N–H and O–H groups in total. The third-order valence-electron chi connectivity index (χ3n) is 5.12. The van der Waals surface area contributed by atoms with Crippen LogP contribution >= 0.6 is 0 Å². The van der Waals surface area contributed by atoms with Crippen molar-refractivity contribution in [2.45, 2.75) is 46.6 Å². The highest BCUT2D eigenvalue weighted by atomic mass is 16.5. The topological polar surface area (TPSA) is 68.8 Å². The molecule has 0 spiro atoms. The Morgan fingerprint density at radius 1 is 1.21 bits per heavy atom. The second-order valence-corrected chi connectivity index (χ2v) is 7.36. The third kappa shape index (κ3) is 4.05. The van der Waals surface area contributed by atoms with Crippen molar-refractivity contribution < 1.29 is 9.53 Å². The van der Waals surface area contributed by atoms with Crippen LogP contribution in [0.15, 0.2) is 29.2 Å². The van der Waals surface area contributed by atoms with E-state index < -0.39 is 0 Å². The van der Waals surface area contributed by atoms with E-state index in [0.717, 1.165) is 24.8 Å². The average Bonchev–Trinajstić information content (AvgIpc) is 3.07. The summed E-state index contributed by atoms with van der Waals surface area (Å²) in [6.45, 7) is 8.59. The summed E-state index contributed by atoms with van der Waals surface area (Å²) in [4.78, 5) is 33.1. The van der Waals surface area contributed by atoms with Gasteiger partial charge >= 0.3 is 0 Å². The van der Waals surface area contributed by atoms with Crippen LogP contribution in [0.3, 0.4) is 0 Å². The molecule has 3 rings (SSSR count). The van der Waals surface area contributed by atoms with E-state index in [0.29, 0.717) is 48.6 Å². The smallest absolute Gasteiger partial charge is 0.270 e. The number of carbonyl (C=O) groups excluding carboxylic acids is 1. The molecule has 0 radical (unpaired) electrons. The zero-order chi connectivity index (χ0) is 21.0. The second-order valence-electron chi connectivity index (χ2n) is 7.36. The van der Waals surface area contributed by atoms with Crippen LogP contribution in [0, 0.1) is 6.92 Å². The van der Waals surface area contributed by atoms with Gasteiger partial charge in [-0.2, -0.15) is 0 Å². The van der Waals surface area contributed by atoms with Crippen molar-refractivity contribution >= 4 is 22.6 Å². The van der Waals surface area contributed by atoms with Crippen molar-refractivity contribution in [1.82, 2.24) is 18.9 Å². The average molecular weight is 399 g/mol. The Kier molecular flexibility index (Phi) is 6.69. The van der Waals surface area contributed by atoms with Gasteiger partial charge in [0.15, 0.2) is 0 Å². The van der Waals surface area contributed by atoms with Crippen LogP contribution in [0.5, 0.6) is 0 Å². The predicted octanol–water partition coefficient (Wildman–Crippen LogP) is 3.26. The molecule has 29 heavy (non-hydrogen) atoms. The van der Waals surface area contributed by atoms with Gasteiger partial charge in [0.05, 0.1) is 5.39 Å². The van der Waals surface area contributed by atoms with Gasteiger partial charge in [-0.25, -0.2) is 4.98 Å². The Bertz CT molecular complexity index is 1060. The van der Waals surface area contributed by atoms with Gasteiger partial charge in [-0.15, -0.1) is 0 Å². The Balaban J connectivity index is 2.22. The minimum absolute atomic E-state index is 0.0469. The van der Waals surface area contributed by atoms with Gasteiger partial charge in [0.25, 0.3) is 11.5 Å². The highest BCUT2D eigenvalue weighted by molar-refractivity contribution is 5.98. The first-order valence-corrected chi connectivity index (χ1v) is 10.3. The summed E-state index contributed by atoms with van der Waals surface area (Å²) in [6.07, 6.45) is 4.23. The van der Waals surface area contributed by atoms with Crippen molar-refractivity contribution in [3.05, 3.63) is 46.0 Å². The number of fused-ring (bicyclic) bond motifs is 2. The molecule has 0 bridgehead atoms. The summed E-state index contributed by atoms with van der Waals surface area (Å²) in [5.41, 5.74) is 2.48. The highest BCUT2D eigenvalue weighted by Crippen LogP contribution is 2.20. The van der Waals surface area contributed by atoms with E-state index in [1.54, 1.807) is 23.8 Å². The van der Waals surface area contributed by atoms with Crippen LogP contribution in [0.25, 0.3) is 16.7 Å². The van der Waals surface area contributed by atoms with Crippen molar-refractivity contribution in [1.29, 1.82) is 0 Å². The molecule has 0 aliphatic heterocycles. The number of rotatable bonds is 9. The van der Waals surface area contributed by atoms with Gasteiger partial charge in [0.1, 0.15) is 17.0 Å². The number of hydrogen-bond donors (Lipinski definition) is 0. The lowest BCUT2D eigenvalue weighted by Crippen LogP contribution is -2.34. The first kappa shape index (κ1) is 21.0. The summed E-state index contributed by atoms with van der Waals surface area (Å²) in [6, 6.07) is 5.48. The quantitative estimate of drug-likeness (QED) is 0.519. The van der Waals surface area contributed by atoms with Crippen LogP contribution in [0.4, 0.5) is 0 Å². The van der Waals surface area contributed by atoms with Crippen molar-refractivity contribution in [2.75, 3.05) is 26.8 Å². The first-order chi connectivity index (χ1) is 14.0. The molecule has 3 aromatic heterocycles. The Hall–Kier alpha value is -2.67. The van der Waals surface area contributed by atoms with Crippen molar-refractivity contribution in [2.24, 2.45) is 0 Å². The number of aryl methyl sites for hydroxylation is 2. The van der Waals surface area contributed by atoms with Gasteiger partial charge < -0.3 is 14.2 Å². The summed E-state index contributed by atoms with van der Waals surface area (Å²) in [7, 11) is 1.66. The number of pyridine rings is 1. The zero-order valence-electron chi connectivity index (χ0n) is 17.8. The number of aromatic nitrogens is 3. The minimum Gasteiger partial charge on any atom is -0.385 e. The highest BCUT2D eigenvalue weighted by Gasteiger charge is 2.23. The maximum Gasteiger partial charge on any atom is 0.270 e. The molecular formula is C22H30N4O3. The van der Waals surface area contributed by atoms with E-state index in [4.69, 9.17) is 9.72 Å². The van der Waals surface area contributed by atoms with Crippen molar-refractivity contribution in [3.63, 3.8) is 0 Å². The van der Waals surface area contributed by atoms with E-state index in [1.165, 1.54) is 0 Å². The molecule has 0 saturated heterocycles. The first-order valence-electron chi connectivity index (χ1n) is 10.3. The Labute approximate surface area is 170 Å². The van der Waals surface area contributed by atoms with E-state index in [9.17, 15) is 9.59 Å². The lowest BCUT2D eigenvalue weighted by Gasteiger charge is -2.22. The SMILES string of the molecule is CCCN(CCC)C(=O)c1cc2c(=O)n3cccc(C)c3nc2n1CCCOC. The molecule has 0 aliphatic rings. The van der Waals surface area contributed by atoms with E-state index in [1.807, 2.05) is 28.5 Å². The molecule has 3 aromatic rings. The lowest BCUT2D eigenvalue weighted by atomic mass is 10.2. The summed E-state index contributed by atoms with van der Waals surface area (Å²) < 4.78 is 8.64. The van der Waals surface area contributed by atoms with Crippen LogP contribution in [-0.4, -0.2) is 51.6 Å². The minimum atomic E-state index is -0.147. The Morgan fingerprint density at radius 3 is 2.59 bits per heavy atom. The standard InChI is InChI=1S/C22H30N4O3/c1-5-10-24(11-6-2)22(28)18-15-17-20(25(18)13-8-14-29-4)23-19-16(3)9-7-12-26(19)21(17)27/h7,9,12,15H,5-6,8,10-11,13-14H2,1-4H3. The van der Waals surface area contributed by atoms with Crippen LogP contribution in [-0.2, 0) is 11.3 Å². The number of ether oxygens (including phenoxy) is 1. The van der Waals surface area contributed by atoms with Gasteiger partial charge in [-0.1, -0.05) is 19.9 Å². The van der Waals surface area contributed by atoms with Crippen LogP contribution in [0.1, 0.15) is 49.2 Å². The lowest BCUT2D eigenvalue weighted by molar-refractivity contribution is 0.0744. The van der Waals surface area contributed by atoms with E-state index in [-0.39, 0.29) is 11.5 Å². The number of hydrogen-bond acceptors (Lipinski definition) is 4.